The Balaban J connectivity index is 1.99. The molecule has 0 aliphatic rings. The van der Waals surface area contributed by atoms with E-state index >= 15 is 0 Å². The lowest BCUT2D eigenvalue weighted by atomic mass is 10.1. The van der Waals surface area contributed by atoms with Crippen LogP contribution in [0.4, 0.5) is 10.3 Å². The number of aromatic nitrogens is 3. The van der Waals surface area contributed by atoms with Crippen molar-refractivity contribution in [2.24, 2.45) is 0 Å². The van der Waals surface area contributed by atoms with Crippen LogP contribution in [0.5, 0.6) is 0 Å². The van der Waals surface area contributed by atoms with Gasteiger partial charge in [-0.2, -0.15) is 0 Å². The molecule has 0 amide bonds. The van der Waals surface area contributed by atoms with Crippen molar-refractivity contribution in [3.8, 4) is 0 Å². The molecule has 4 nitrogen and oxygen atoms in total. The third-order valence-corrected chi connectivity index (χ3v) is 2.74. The highest BCUT2D eigenvalue weighted by Crippen LogP contribution is 2.10. The van der Waals surface area contributed by atoms with E-state index in [0.29, 0.717) is 18.1 Å². The zero-order valence-electron chi connectivity index (χ0n) is 9.77. The number of nitrogens with zero attached hydrogens (tertiary/aromatic N) is 3. The summed E-state index contributed by atoms with van der Waals surface area (Å²) in [7, 11) is 0. The summed E-state index contributed by atoms with van der Waals surface area (Å²) in [6, 6.07) is 2.98. The van der Waals surface area contributed by atoms with Crippen molar-refractivity contribution in [2.45, 2.75) is 19.4 Å². The Morgan fingerprint density at radius 2 is 2.06 bits per heavy atom. The quantitative estimate of drug-likeness (QED) is 0.943. The second-order valence-electron chi connectivity index (χ2n) is 3.91. The molecule has 1 N–H and O–H groups in total. The van der Waals surface area contributed by atoms with Crippen LogP contribution in [0.3, 0.4) is 0 Å². The summed E-state index contributed by atoms with van der Waals surface area (Å²) in [5, 5.41) is 3.10. The van der Waals surface area contributed by atoms with Crippen LogP contribution in [0.2, 0.25) is 0 Å². The minimum Gasteiger partial charge on any atom is -0.351 e. The summed E-state index contributed by atoms with van der Waals surface area (Å²) in [5.74, 6) is 0.227. The van der Waals surface area contributed by atoms with Gasteiger partial charge in [-0.25, -0.2) is 14.4 Å². The fraction of sp³-hybridized carbons (Fsp3) is 0.250. The van der Waals surface area contributed by atoms with Crippen LogP contribution < -0.4 is 5.32 Å². The van der Waals surface area contributed by atoms with E-state index in [1.807, 2.05) is 6.92 Å². The number of nitrogens with one attached hydrogen (secondary N) is 1. The van der Waals surface area contributed by atoms with Crippen molar-refractivity contribution in [1.29, 1.82) is 0 Å². The zero-order valence-corrected chi connectivity index (χ0v) is 11.4. The summed E-state index contributed by atoms with van der Waals surface area (Å²) in [6.45, 7) is 1.93. The molecule has 0 spiro atoms. The van der Waals surface area contributed by atoms with Gasteiger partial charge in [0.25, 0.3) is 0 Å². The molecule has 0 aromatic carbocycles. The number of pyridine rings is 1. The van der Waals surface area contributed by atoms with Gasteiger partial charge in [-0.1, -0.05) is 0 Å². The van der Waals surface area contributed by atoms with Crippen LogP contribution in [0, 0.1) is 5.82 Å². The Bertz CT molecular complexity index is 518. The first-order valence-corrected chi connectivity index (χ1v) is 6.28. The first-order valence-electron chi connectivity index (χ1n) is 5.48. The van der Waals surface area contributed by atoms with Gasteiger partial charge in [0.2, 0.25) is 5.95 Å². The maximum absolute atomic E-state index is 13.4. The van der Waals surface area contributed by atoms with Gasteiger partial charge in [0, 0.05) is 31.1 Å². The van der Waals surface area contributed by atoms with E-state index in [-0.39, 0.29) is 11.9 Å². The van der Waals surface area contributed by atoms with E-state index in [9.17, 15) is 4.39 Å². The van der Waals surface area contributed by atoms with Crippen molar-refractivity contribution < 1.29 is 4.39 Å². The molecule has 2 aromatic rings. The predicted molar refractivity (Wildman–Crippen MR) is 70.7 cm³/mol. The largest absolute Gasteiger partial charge is 0.351 e. The highest BCUT2D eigenvalue weighted by molar-refractivity contribution is 9.10. The molecule has 0 aliphatic carbocycles. The number of halogens is 2. The zero-order chi connectivity index (χ0) is 13.0. The fourth-order valence-corrected chi connectivity index (χ4v) is 1.72. The van der Waals surface area contributed by atoms with Crippen molar-refractivity contribution in [3.63, 3.8) is 0 Å². The van der Waals surface area contributed by atoms with Crippen LogP contribution in [-0.2, 0) is 6.42 Å². The lowest BCUT2D eigenvalue weighted by molar-refractivity contribution is 0.588. The average molecular weight is 311 g/mol. The van der Waals surface area contributed by atoms with Gasteiger partial charge in [-0.05, 0) is 35.0 Å². The number of hydrogen-bond donors (Lipinski definition) is 1. The van der Waals surface area contributed by atoms with Crippen molar-refractivity contribution in [1.82, 2.24) is 15.0 Å². The molecule has 0 saturated heterocycles. The summed E-state index contributed by atoms with van der Waals surface area (Å²) >= 11 is 3.26. The normalized spacial score (nSPS) is 12.2. The van der Waals surface area contributed by atoms with Gasteiger partial charge in [0.15, 0.2) is 0 Å². The molecule has 0 aliphatic heterocycles. The molecule has 0 radical (unpaired) electrons. The van der Waals surface area contributed by atoms with E-state index in [1.54, 1.807) is 24.7 Å². The summed E-state index contributed by atoms with van der Waals surface area (Å²) < 4.78 is 14.2. The average Bonchev–Trinajstić information content (AvgIpc) is 2.35. The number of anilines is 1. The first kappa shape index (κ1) is 12.9. The van der Waals surface area contributed by atoms with Crippen LogP contribution in [0.15, 0.2) is 35.2 Å². The van der Waals surface area contributed by atoms with E-state index in [1.165, 1.54) is 6.07 Å². The molecule has 2 aromatic heterocycles. The van der Waals surface area contributed by atoms with Gasteiger partial charge in [-0.15, -0.1) is 0 Å². The molecule has 1 atom stereocenters. The summed E-state index contributed by atoms with van der Waals surface area (Å²) in [5.41, 5.74) is 0.439. The Kier molecular flexibility index (Phi) is 4.19. The molecule has 2 rings (SSSR count). The van der Waals surface area contributed by atoms with Gasteiger partial charge >= 0.3 is 0 Å². The van der Waals surface area contributed by atoms with E-state index in [0.717, 1.165) is 4.47 Å². The van der Waals surface area contributed by atoms with E-state index in [2.05, 4.69) is 36.2 Å². The molecular weight excluding hydrogens is 299 g/mol. The van der Waals surface area contributed by atoms with Gasteiger partial charge in [0.1, 0.15) is 5.82 Å². The van der Waals surface area contributed by atoms with E-state index < -0.39 is 0 Å². The summed E-state index contributed by atoms with van der Waals surface area (Å²) in [4.78, 5) is 12.2. The van der Waals surface area contributed by atoms with Crippen LogP contribution in [0.1, 0.15) is 12.6 Å². The van der Waals surface area contributed by atoms with Crippen molar-refractivity contribution >= 4 is 21.9 Å². The second-order valence-corrected chi connectivity index (χ2v) is 4.82. The Morgan fingerprint density at radius 3 is 2.72 bits per heavy atom. The molecule has 94 valence electrons. The topological polar surface area (TPSA) is 50.7 Å². The maximum atomic E-state index is 13.4. The molecule has 0 saturated carbocycles. The SMILES string of the molecule is CC(Cc1ncccc1F)Nc1ncc(Br)cn1. The Labute approximate surface area is 113 Å². The van der Waals surface area contributed by atoms with Crippen LogP contribution in [-0.4, -0.2) is 21.0 Å². The fourth-order valence-electron chi connectivity index (χ4n) is 1.52. The predicted octanol–water partition coefficient (Wildman–Crippen LogP) is 2.82. The smallest absolute Gasteiger partial charge is 0.222 e. The number of hydrogen-bond acceptors (Lipinski definition) is 4. The first-order chi connectivity index (χ1) is 8.65. The van der Waals surface area contributed by atoms with Gasteiger partial charge in [-0.3, -0.25) is 4.98 Å². The summed E-state index contributed by atoms with van der Waals surface area (Å²) in [6.07, 6.45) is 5.38. The lowest BCUT2D eigenvalue weighted by Crippen LogP contribution is -2.20. The van der Waals surface area contributed by atoms with Gasteiger partial charge < -0.3 is 5.32 Å². The molecule has 6 heteroatoms. The van der Waals surface area contributed by atoms with Gasteiger partial charge in [0.05, 0.1) is 10.2 Å². The maximum Gasteiger partial charge on any atom is 0.222 e. The third kappa shape index (κ3) is 3.46. The Morgan fingerprint density at radius 1 is 1.33 bits per heavy atom. The van der Waals surface area contributed by atoms with Crippen LogP contribution in [0.25, 0.3) is 0 Å². The van der Waals surface area contributed by atoms with Crippen LogP contribution >= 0.6 is 15.9 Å². The molecule has 0 fully saturated rings. The standard InChI is InChI=1S/C12H12BrFN4/c1-8(5-11-10(14)3-2-4-15-11)18-12-16-6-9(13)7-17-12/h2-4,6-8H,5H2,1H3,(H,16,17,18). The third-order valence-electron chi connectivity index (χ3n) is 2.33. The number of rotatable bonds is 4. The monoisotopic (exact) mass is 310 g/mol. The minimum atomic E-state index is -0.289. The Hall–Kier alpha value is -1.56. The highest BCUT2D eigenvalue weighted by atomic mass is 79.9. The molecular formula is C12H12BrFN4. The lowest BCUT2D eigenvalue weighted by Gasteiger charge is -2.13. The molecule has 18 heavy (non-hydrogen) atoms. The van der Waals surface area contributed by atoms with Crippen molar-refractivity contribution in [3.05, 3.63) is 46.7 Å². The molecule has 1 unspecified atom stereocenters. The second kappa shape index (κ2) is 5.86. The minimum absolute atomic E-state index is 0.00410. The van der Waals surface area contributed by atoms with E-state index in [4.69, 9.17) is 0 Å². The van der Waals surface area contributed by atoms with Crippen molar-refractivity contribution in [2.75, 3.05) is 5.32 Å². The molecule has 2 heterocycles. The highest BCUT2D eigenvalue weighted by Gasteiger charge is 2.09. The molecule has 0 bridgehead atoms.